The normalized spacial score (nSPS) is 19.3. The fourth-order valence-electron chi connectivity index (χ4n) is 4.39. The Hall–Kier alpha value is -4.00. The van der Waals surface area contributed by atoms with Crippen molar-refractivity contribution in [1.29, 1.82) is 0 Å². The Labute approximate surface area is 209 Å². The summed E-state index contributed by atoms with van der Waals surface area (Å²) in [6.45, 7) is 1.56. The van der Waals surface area contributed by atoms with Crippen LogP contribution in [0.3, 0.4) is 0 Å². The average Bonchev–Trinajstić information content (AvgIpc) is 3.18. The molecule has 13 heteroatoms. The highest BCUT2D eigenvalue weighted by molar-refractivity contribution is 5.89. The molecule has 1 amide bonds. The van der Waals surface area contributed by atoms with Crippen molar-refractivity contribution in [2.45, 2.75) is 31.1 Å². The van der Waals surface area contributed by atoms with E-state index in [9.17, 15) is 22.4 Å². The van der Waals surface area contributed by atoms with Gasteiger partial charge in [-0.25, -0.2) is 19.2 Å². The first-order valence-corrected chi connectivity index (χ1v) is 11.2. The molecule has 9 nitrogen and oxygen atoms in total. The van der Waals surface area contributed by atoms with E-state index in [-0.39, 0.29) is 36.6 Å². The molecule has 2 aromatic heterocycles. The number of amides is 1. The van der Waals surface area contributed by atoms with Gasteiger partial charge >= 0.3 is 12.3 Å². The first-order valence-electron chi connectivity index (χ1n) is 11.2. The number of likely N-dealkylation sites (tertiary alicyclic amines) is 1. The molecule has 1 saturated heterocycles. The van der Waals surface area contributed by atoms with Crippen LogP contribution in [-0.2, 0) is 0 Å². The smallest absolute Gasteiger partial charge is 0.408 e. The second-order valence-corrected chi connectivity index (χ2v) is 8.92. The molecule has 0 unspecified atom stereocenters. The SMILES string of the molecule is COc1cc(F)cc2ccc(C=NNc3ccc([C@H](N4CC[C@](C)(NC(=O)O)C4)C(F)(F)F)cn3)nc12. The molecule has 1 aromatic carbocycles. The van der Waals surface area contributed by atoms with Crippen molar-refractivity contribution in [3.05, 3.63) is 59.7 Å². The van der Waals surface area contributed by atoms with Gasteiger partial charge in [0, 0.05) is 30.7 Å². The molecular formula is C24H24F4N6O3. The minimum atomic E-state index is -4.59. The van der Waals surface area contributed by atoms with E-state index < -0.39 is 29.7 Å². The average molecular weight is 520 g/mol. The first kappa shape index (κ1) is 26.1. The predicted octanol–water partition coefficient (Wildman–Crippen LogP) is 4.56. The number of nitrogens with zero attached hydrogens (tertiary/aromatic N) is 4. The maximum Gasteiger partial charge on any atom is 0.408 e. The first-order chi connectivity index (χ1) is 17.5. The minimum Gasteiger partial charge on any atom is -0.494 e. The standard InChI is InChI=1S/C24H24F4N6O3/c1-23(32-22(35)36)7-8-34(13-23)21(24(26,27)28)15-4-6-19(29-11-15)33-30-12-17-5-3-14-9-16(25)10-18(37-2)20(14)31-17/h3-6,9-12,21,32H,7-8,13H2,1-2H3,(H,29,33)(H,35,36)/t21-,23-/m0/s1. The van der Waals surface area contributed by atoms with Crippen LogP contribution in [0.4, 0.5) is 28.2 Å². The Morgan fingerprint density at radius 1 is 1.30 bits per heavy atom. The molecule has 1 aliphatic rings. The number of fused-ring (bicyclic) bond motifs is 1. The van der Waals surface area contributed by atoms with Gasteiger partial charge in [-0.2, -0.15) is 18.3 Å². The summed E-state index contributed by atoms with van der Waals surface area (Å²) < 4.78 is 60.7. The zero-order valence-electron chi connectivity index (χ0n) is 19.9. The third kappa shape index (κ3) is 6.05. The minimum absolute atomic E-state index is 0.0709. The Morgan fingerprint density at radius 3 is 2.73 bits per heavy atom. The lowest BCUT2D eigenvalue weighted by Crippen LogP contribution is -2.48. The summed E-state index contributed by atoms with van der Waals surface area (Å²) in [7, 11) is 1.41. The molecule has 1 aliphatic heterocycles. The summed E-state index contributed by atoms with van der Waals surface area (Å²) in [5, 5.41) is 15.9. The maximum atomic E-state index is 14.0. The molecule has 4 rings (SSSR count). The Balaban J connectivity index is 1.47. The van der Waals surface area contributed by atoms with Crippen LogP contribution in [0.25, 0.3) is 10.9 Å². The molecule has 0 aliphatic carbocycles. The largest absolute Gasteiger partial charge is 0.494 e. The van der Waals surface area contributed by atoms with Crippen LogP contribution < -0.4 is 15.5 Å². The highest BCUT2D eigenvalue weighted by atomic mass is 19.4. The maximum absolute atomic E-state index is 14.0. The summed E-state index contributed by atoms with van der Waals surface area (Å²) in [6, 6.07) is 6.58. The van der Waals surface area contributed by atoms with Gasteiger partial charge in [-0.1, -0.05) is 12.1 Å². The number of pyridine rings is 2. The monoisotopic (exact) mass is 520 g/mol. The van der Waals surface area contributed by atoms with Crippen LogP contribution in [0.5, 0.6) is 5.75 Å². The molecule has 196 valence electrons. The van der Waals surface area contributed by atoms with Gasteiger partial charge < -0.3 is 15.2 Å². The number of halogens is 4. The third-order valence-electron chi connectivity index (χ3n) is 6.03. The van der Waals surface area contributed by atoms with Crippen molar-refractivity contribution in [2.75, 3.05) is 25.6 Å². The number of aromatic nitrogens is 2. The van der Waals surface area contributed by atoms with Gasteiger partial charge in [-0.05, 0) is 37.1 Å². The van der Waals surface area contributed by atoms with Crippen molar-refractivity contribution < 1.29 is 32.2 Å². The van der Waals surface area contributed by atoms with Crippen LogP contribution >= 0.6 is 0 Å². The second kappa shape index (κ2) is 10.2. The molecule has 2 atom stereocenters. The number of anilines is 1. The van der Waals surface area contributed by atoms with E-state index >= 15 is 0 Å². The van der Waals surface area contributed by atoms with E-state index in [0.29, 0.717) is 16.6 Å². The number of methoxy groups -OCH3 is 1. The number of carboxylic acid groups (broad SMARTS) is 1. The van der Waals surface area contributed by atoms with Gasteiger partial charge in [-0.15, -0.1) is 0 Å². The lowest BCUT2D eigenvalue weighted by atomic mass is 10.0. The predicted molar refractivity (Wildman–Crippen MR) is 128 cm³/mol. The van der Waals surface area contributed by atoms with Crippen molar-refractivity contribution in [2.24, 2.45) is 5.10 Å². The molecule has 37 heavy (non-hydrogen) atoms. The van der Waals surface area contributed by atoms with E-state index in [1.165, 1.54) is 42.5 Å². The molecule has 0 spiro atoms. The fraction of sp³-hybridized carbons (Fsp3) is 0.333. The van der Waals surface area contributed by atoms with Crippen LogP contribution in [0, 0.1) is 5.82 Å². The summed E-state index contributed by atoms with van der Waals surface area (Å²) in [6.07, 6.45) is -3.12. The summed E-state index contributed by atoms with van der Waals surface area (Å²) >= 11 is 0. The number of alkyl halides is 3. The number of ether oxygens (including phenoxy) is 1. The molecule has 0 saturated carbocycles. The van der Waals surface area contributed by atoms with Crippen molar-refractivity contribution >= 4 is 29.0 Å². The van der Waals surface area contributed by atoms with Gasteiger partial charge in [0.1, 0.15) is 28.9 Å². The van der Waals surface area contributed by atoms with Crippen LogP contribution in [0.2, 0.25) is 0 Å². The van der Waals surface area contributed by atoms with E-state index in [1.54, 1.807) is 19.1 Å². The zero-order valence-corrected chi connectivity index (χ0v) is 19.9. The number of rotatable bonds is 7. The molecule has 0 bridgehead atoms. The van der Waals surface area contributed by atoms with Gasteiger partial charge in [0.25, 0.3) is 0 Å². The van der Waals surface area contributed by atoms with Gasteiger partial charge in [0.15, 0.2) is 0 Å². The Bertz CT molecular complexity index is 1320. The second-order valence-electron chi connectivity index (χ2n) is 8.92. The molecule has 3 aromatic rings. The molecule has 3 N–H and O–H groups in total. The number of hydrogen-bond donors (Lipinski definition) is 3. The molecular weight excluding hydrogens is 496 g/mol. The van der Waals surface area contributed by atoms with Gasteiger partial charge in [0.2, 0.25) is 0 Å². The third-order valence-corrected chi connectivity index (χ3v) is 6.03. The van der Waals surface area contributed by atoms with Crippen molar-refractivity contribution in [3.63, 3.8) is 0 Å². The Morgan fingerprint density at radius 2 is 2.08 bits per heavy atom. The lowest BCUT2D eigenvalue weighted by Gasteiger charge is -2.31. The number of nitrogens with one attached hydrogen (secondary N) is 2. The summed E-state index contributed by atoms with van der Waals surface area (Å²) in [5.74, 6) is 0.0269. The number of hydrogen-bond acceptors (Lipinski definition) is 7. The van der Waals surface area contributed by atoms with E-state index in [0.717, 1.165) is 6.20 Å². The highest BCUT2D eigenvalue weighted by Crippen LogP contribution is 2.41. The fourth-order valence-corrected chi connectivity index (χ4v) is 4.39. The quantitative estimate of drug-likeness (QED) is 0.238. The molecule has 3 heterocycles. The summed E-state index contributed by atoms with van der Waals surface area (Å²) in [5.41, 5.74) is 2.48. The molecule has 0 radical (unpaired) electrons. The number of carbonyl (C=O) groups is 1. The van der Waals surface area contributed by atoms with Crippen molar-refractivity contribution in [3.8, 4) is 5.75 Å². The number of hydrazone groups is 1. The zero-order chi connectivity index (χ0) is 26.8. The summed E-state index contributed by atoms with van der Waals surface area (Å²) in [4.78, 5) is 20.6. The highest BCUT2D eigenvalue weighted by Gasteiger charge is 2.49. The lowest BCUT2D eigenvalue weighted by molar-refractivity contribution is -0.184. The van der Waals surface area contributed by atoms with E-state index in [2.05, 4.69) is 25.8 Å². The van der Waals surface area contributed by atoms with Gasteiger partial charge in [-0.3, -0.25) is 10.3 Å². The van der Waals surface area contributed by atoms with E-state index in [1.807, 2.05) is 0 Å². The number of benzene rings is 1. The van der Waals surface area contributed by atoms with Crippen LogP contribution in [0.15, 0.2) is 47.7 Å². The van der Waals surface area contributed by atoms with E-state index in [4.69, 9.17) is 9.84 Å². The topological polar surface area (TPSA) is 112 Å². The van der Waals surface area contributed by atoms with Crippen LogP contribution in [0.1, 0.15) is 30.6 Å². The Kier molecular flexibility index (Phi) is 7.16. The van der Waals surface area contributed by atoms with Crippen LogP contribution in [-0.4, -0.2) is 64.2 Å². The molecule has 1 fully saturated rings. The van der Waals surface area contributed by atoms with Crippen molar-refractivity contribution in [1.82, 2.24) is 20.2 Å². The van der Waals surface area contributed by atoms with Gasteiger partial charge in [0.05, 0.1) is 24.6 Å².